The Bertz CT molecular complexity index is 1100. The van der Waals surface area contributed by atoms with Gasteiger partial charge < -0.3 is 9.30 Å². The minimum Gasteiger partial charge on any atom is -0.376 e. The molecule has 1 saturated heterocycles. The molecule has 2 aromatic heterocycles. The van der Waals surface area contributed by atoms with Crippen molar-refractivity contribution in [2.24, 2.45) is 14.1 Å². The van der Waals surface area contributed by atoms with E-state index in [4.69, 9.17) is 4.74 Å². The van der Waals surface area contributed by atoms with Crippen LogP contribution in [0.3, 0.4) is 0 Å². The second kappa shape index (κ2) is 6.29. The Morgan fingerprint density at radius 3 is 2.62 bits per heavy atom. The van der Waals surface area contributed by atoms with Crippen LogP contribution in [0.1, 0.15) is 18.4 Å². The van der Waals surface area contributed by atoms with Crippen molar-refractivity contribution in [3.8, 4) is 11.3 Å². The summed E-state index contributed by atoms with van der Waals surface area (Å²) in [5.41, 5.74) is 3.06. The first-order valence-electron chi connectivity index (χ1n) is 8.95. The number of aromatic nitrogens is 3. The lowest BCUT2D eigenvalue weighted by Gasteiger charge is -2.15. The summed E-state index contributed by atoms with van der Waals surface area (Å²) < 4.78 is 10.6. The summed E-state index contributed by atoms with van der Waals surface area (Å²) in [4.78, 5) is 25.3. The quantitative estimate of drug-likeness (QED) is 0.725. The maximum absolute atomic E-state index is 13.0. The Hall–Kier alpha value is -2.60. The van der Waals surface area contributed by atoms with Gasteiger partial charge in [-0.15, -0.1) is 0 Å². The summed E-state index contributed by atoms with van der Waals surface area (Å²) in [6.45, 7) is 3.50. The molecule has 0 bridgehead atoms. The van der Waals surface area contributed by atoms with Gasteiger partial charge in [-0.05, 0) is 25.3 Å². The van der Waals surface area contributed by atoms with Crippen molar-refractivity contribution >= 4 is 10.9 Å². The van der Waals surface area contributed by atoms with Gasteiger partial charge in [0.15, 0.2) is 0 Å². The summed E-state index contributed by atoms with van der Waals surface area (Å²) in [5.74, 6) is 0. The van der Waals surface area contributed by atoms with Crippen molar-refractivity contribution in [3.05, 3.63) is 56.9 Å². The van der Waals surface area contributed by atoms with Gasteiger partial charge in [-0.2, -0.15) is 0 Å². The molecule has 0 saturated carbocycles. The van der Waals surface area contributed by atoms with Crippen LogP contribution in [-0.2, 0) is 25.4 Å². The predicted molar refractivity (Wildman–Crippen MR) is 102 cm³/mol. The van der Waals surface area contributed by atoms with Crippen LogP contribution in [0.2, 0.25) is 0 Å². The van der Waals surface area contributed by atoms with Crippen LogP contribution in [0.5, 0.6) is 0 Å². The second-order valence-electron chi connectivity index (χ2n) is 7.05. The van der Waals surface area contributed by atoms with Gasteiger partial charge in [-0.3, -0.25) is 13.9 Å². The number of hydrogen-bond acceptors (Lipinski definition) is 3. The van der Waals surface area contributed by atoms with E-state index in [1.54, 1.807) is 11.6 Å². The molecule has 1 unspecified atom stereocenters. The largest absolute Gasteiger partial charge is 0.376 e. The van der Waals surface area contributed by atoms with E-state index in [1.807, 2.05) is 37.4 Å². The predicted octanol–water partition coefficient (Wildman–Crippen LogP) is 2.19. The van der Waals surface area contributed by atoms with E-state index in [0.717, 1.165) is 36.3 Å². The molecule has 0 aliphatic carbocycles. The number of hydrogen-bond donors (Lipinski definition) is 0. The standard InChI is InChI=1S/C20H23N3O3/c1-13-7-4-5-9-15(13)18-17-16(21(2)20(25)22(3)19(17)24)12-23(18)11-14-8-6-10-26-14/h4-5,7,9,12,14H,6,8,10-11H2,1-3H3. The number of benzene rings is 1. The molecule has 0 amide bonds. The van der Waals surface area contributed by atoms with Crippen molar-refractivity contribution in [2.45, 2.75) is 32.4 Å². The molecule has 26 heavy (non-hydrogen) atoms. The number of nitrogens with zero attached hydrogens (tertiary/aromatic N) is 3. The molecule has 1 aliphatic heterocycles. The van der Waals surface area contributed by atoms with Crippen LogP contribution in [0, 0.1) is 6.92 Å². The van der Waals surface area contributed by atoms with Crippen LogP contribution < -0.4 is 11.2 Å². The molecule has 6 nitrogen and oxygen atoms in total. The molecular weight excluding hydrogens is 330 g/mol. The number of fused-ring (bicyclic) bond motifs is 1. The fourth-order valence-corrected chi connectivity index (χ4v) is 3.87. The first-order valence-corrected chi connectivity index (χ1v) is 8.95. The van der Waals surface area contributed by atoms with Crippen molar-refractivity contribution in [1.29, 1.82) is 0 Å². The van der Waals surface area contributed by atoms with Gasteiger partial charge in [-0.1, -0.05) is 24.3 Å². The summed E-state index contributed by atoms with van der Waals surface area (Å²) in [7, 11) is 3.24. The molecule has 1 atom stereocenters. The Balaban J connectivity index is 2.06. The lowest BCUT2D eigenvalue weighted by atomic mass is 10.0. The van der Waals surface area contributed by atoms with Gasteiger partial charge in [-0.25, -0.2) is 4.79 Å². The minimum absolute atomic E-state index is 0.139. The van der Waals surface area contributed by atoms with E-state index < -0.39 is 0 Å². The lowest BCUT2D eigenvalue weighted by molar-refractivity contribution is 0.0975. The SMILES string of the molecule is Cc1ccccc1-c1c2c(=O)n(C)c(=O)n(C)c2cn1CC1CCCO1. The molecule has 0 spiro atoms. The fraction of sp³-hybridized carbons (Fsp3) is 0.400. The zero-order valence-electron chi connectivity index (χ0n) is 15.4. The highest BCUT2D eigenvalue weighted by molar-refractivity contribution is 5.94. The van der Waals surface area contributed by atoms with Gasteiger partial charge >= 0.3 is 5.69 Å². The maximum atomic E-state index is 13.0. The summed E-state index contributed by atoms with van der Waals surface area (Å²) in [6, 6.07) is 8.03. The zero-order chi connectivity index (χ0) is 18.4. The first-order chi connectivity index (χ1) is 12.5. The van der Waals surface area contributed by atoms with Gasteiger partial charge in [0.1, 0.15) is 0 Å². The van der Waals surface area contributed by atoms with E-state index >= 15 is 0 Å². The molecule has 1 aliphatic rings. The molecule has 136 valence electrons. The molecule has 0 radical (unpaired) electrons. The molecule has 1 fully saturated rings. The Morgan fingerprint density at radius 2 is 1.92 bits per heavy atom. The van der Waals surface area contributed by atoms with E-state index in [2.05, 4.69) is 4.57 Å². The Morgan fingerprint density at radius 1 is 1.15 bits per heavy atom. The number of ether oxygens (including phenoxy) is 1. The lowest BCUT2D eigenvalue weighted by Crippen LogP contribution is -2.36. The third-order valence-corrected chi connectivity index (χ3v) is 5.34. The van der Waals surface area contributed by atoms with Crippen LogP contribution >= 0.6 is 0 Å². The number of aryl methyl sites for hydroxylation is 2. The minimum atomic E-state index is -0.312. The molecular formula is C20H23N3O3. The van der Waals surface area contributed by atoms with Crippen molar-refractivity contribution < 1.29 is 4.74 Å². The van der Waals surface area contributed by atoms with Crippen LogP contribution in [-0.4, -0.2) is 26.4 Å². The number of rotatable bonds is 3. The summed E-state index contributed by atoms with van der Waals surface area (Å²) in [6.07, 6.45) is 4.13. The third-order valence-electron chi connectivity index (χ3n) is 5.34. The summed E-state index contributed by atoms with van der Waals surface area (Å²) >= 11 is 0. The van der Waals surface area contributed by atoms with Crippen LogP contribution in [0.4, 0.5) is 0 Å². The highest BCUT2D eigenvalue weighted by Gasteiger charge is 2.23. The summed E-state index contributed by atoms with van der Waals surface area (Å²) in [5, 5.41) is 0.585. The van der Waals surface area contributed by atoms with Gasteiger partial charge in [0.2, 0.25) is 0 Å². The van der Waals surface area contributed by atoms with E-state index in [1.165, 1.54) is 11.6 Å². The fourth-order valence-electron chi connectivity index (χ4n) is 3.87. The normalized spacial score (nSPS) is 17.3. The topological polar surface area (TPSA) is 58.2 Å². The van der Waals surface area contributed by atoms with Crippen molar-refractivity contribution in [1.82, 2.24) is 13.7 Å². The van der Waals surface area contributed by atoms with E-state index in [-0.39, 0.29) is 17.4 Å². The maximum Gasteiger partial charge on any atom is 0.330 e. The highest BCUT2D eigenvalue weighted by atomic mass is 16.5. The van der Waals surface area contributed by atoms with Gasteiger partial charge in [0.05, 0.1) is 22.7 Å². The highest BCUT2D eigenvalue weighted by Crippen LogP contribution is 2.31. The third kappa shape index (κ3) is 2.52. The van der Waals surface area contributed by atoms with Crippen LogP contribution in [0.15, 0.2) is 40.1 Å². The van der Waals surface area contributed by atoms with Crippen molar-refractivity contribution in [2.75, 3.05) is 6.61 Å². The second-order valence-corrected chi connectivity index (χ2v) is 7.05. The van der Waals surface area contributed by atoms with Gasteiger partial charge in [0.25, 0.3) is 5.56 Å². The average molecular weight is 353 g/mol. The average Bonchev–Trinajstić information content (AvgIpc) is 3.27. The smallest absolute Gasteiger partial charge is 0.330 e. The van der Waals surface area contributed by atoms with Crippen molar-refractivity contribution in [3.63, 3.8) is 0 Å². The molecule has 3 heterocycles. The zero-order valence-corrected chi connectivity index (χ0v) is 15.4. The molecule has 4 rings (SSSR count). The van der Waals surface area contributed by atoms with E-state index in [0.29, 0.717) is 17.4 Å². The molecule has 3 aromatic rings. The van der Waals surface area contributed by atoms with E-state index in [9.17, 15) is 9.59 Å². The Labute approximate surface area is 151 Å². The van der Waals surface area contributed by atoms with Crippen LogP contribution in [0.25, 0.3) is 22.2 Å². The molecule has 6 heteroatoms. The monoisotopic (exact) mass is 353 g/mol. The first kappa shape index (κ1) is 16.8. The molecule has 1 aromatic carbocycles. The Kier molecular flexibility index (Phi) is 4.07. The molecule has 0 N–H and O–H groups in total. The van der Waals surface area contributed by atoms with Gasteiger partial charge in [0, 0.05) is 39.0 Å².